The molecule has 0 saturated heterocycles. The van der Waals surface area contributed by atoms with Crippen molar-refractivity contribution < 1.29 is 0 Å². The van der Waals surface area contributed by atoms with Gasteiger partial charge in [-0.3, -0.25) is 0 Å². The number of hydrazone groups is 1. The zero-order valence-electron chi connectivity index (χ0n) is 11.8. The van der Waals surface area contributed by atoms with Crippen LogP contribution < -0.4 is 5.43 Å². The summed E-state index contributed by atoms with van der Waals surface area (Å²) in [5.41, 5.74) is 4.82. The quantitative estimate of drug-likeness (QED) is 0.330. The van der Waals surface area contributed by atoms with Gasteiger partial charge in [0.2, 0.25) is 0 Å². The molecule has 0 unspecified atom stereocenters. The fourth-order valence-electron chi connectivity index (χ4n) is 2.47. The molecule has 0 amide bonds. The average Bonchev–Trinajstić information content (AvgIpc) is 2.28. The Balaban J connectivity index is 2.62. The largest absolute Gasteiger partial charge is 0.306 e. The lowest BCUT2D eigenvalue weighted by molar-refractivity contribution is 0.392. The first-order chi connectivity index (χ1) is 8.03. The molecule has 1 saturated carbocycles. The van der Waals surface area contributed by atoms with Crippen LogP contribution in [0.15, 0.2) is 17.8 Å². The van der Waals surface area contributed by atoms with Crippen molar-refractivity contribution in [2.45, 2.75) is 59.3 Å². The van der Waals surface area contributed by atoms with Gasteiger partial charge in [0.25, 0.3) is 0 Å². The standard InChI is InChI=1S/C15H28N2/c1-5-11-16-17-14(12-15(2,3)4)13-9-7-6-8-10-13/h5,13,16H,1,6-12H2,2-4H3. The van der Waals surface area contributed by atoms with E-state index < -0.39 is 0 Å². The summed E-state index contributed by atoms with van der Waals surface area (Å²) in [5.74, 6) is 0.709. The molecule has 1 fully saturated rings. The lowest BCUT2D eigenvalue weighted by Crippen LogP contribution is -2.25. The van der Waals surface area contributed by atoms with Crippen LogP contribution in [0.2, 0.25) is 0 Å². The number of nitrogens with one attached hydrogen (secondary N) is 1. The summed E-state index contributed by atoms with van der Waals surface area (Å²) in [5, 5.41) is 4.62. The smallest absolute Gasteiger partial charge is 0.0507 e. The molecule has 17 heavy (non-hydrogen) atoms. The minimum Gasteiger partial charge on any atom is -0.306 e. The second-order valence-electron chi connectivity index (χ2n) is 6.33. The summed E-state index contributed by atoms with van der Waals surface area (Å²) in [6.45, 7) is 11.3. The molecule has 0 aliphatic heterocycles. The van der Waals surface area contributed by atoms with Crippen LogP contribution in [0.4, 0.5) is 0 Å². The highest BCUT2D eigenvalue weighted by Crippen LogP contribution is 2.30. The minimum atomic E-state index is 0.326. The van der Waals surface area contributed by atoms with Crippen molar-refractivity contribution >= 4 is 5.71 Å². The van der Waals surface area contributed by atoms with Crippen LogP contribution in [-0.4, -0.2) is 12.3 Å². The van der Waals surface area contributed by atoms with Gasteiger partial charge in [-0.2, -0.15) is 5.10 Å². The molecule has 0 spiro atoms. The highest BCUT2D eigenvalue weighted by molar-refractivity contribution is 5.87. The Bertz CT molecular complexity index is 255. The van der Waals surface area contributed by atoms with Crippen molar-refractivity contribution in [1.82, 2.24) is 5.43 Å². The summed E-state index contributed by atoms with van der Waals surface area (Å²) in [6, 6.07) is 0. The van der Waals surface area contributed by atoms with E-state index in [0.717, 1.165) is 13.0 Å². The molecule has 0 heterocycles. The van der Waals surface area contributed by atoms with Crippen molar-refractivity contribution in [2.24, 2.45) is 16.4 Å². The molecule has 2 heteroatoms. The van der Waals surface area contributed by atoms with Crippen LogP contribution in [0.1, 0.15) is 59.3 Å². The van der Waals surface area contributed by atoms with E-state index in [0.29, 0.717) is 11.3 Å². The zero-order valence-corrected chi connectivity index (χ0v) is 11.8. The third kappa shape index (κ3) is 5.90. The Morgan fingerprint density at radius 1 is 1.29 bits per heavy atom. The summed E-state index contributed by atoms with van der Waals surface area (Å²) in [4.78, 5) is 0. The molecule has 0 aromatic carbocycles. The average molecular weight is 236 g/mol. The van der Waals surface area contributed by atoms with E-state index in [1.54, 1.807) is 0 Å². The van der Waals surface area contributed by atoms with Crippen LogP contribution in [0.3, 0.4) is 0 Å². The van der Waals surface area contributed by atoms with E-state index in [9.17, 15) is 0 Å². The molecule has 1 rings (SSSR count). The maximum atomic E-state index is 4.62. The van der Waals surface area contributed by atoms with E-state index >= 15 is 0 Å². The molecular weight excluding hydrogens is 208 g/mol. The van der Waals surface area contributed by atoms with Gasteiger partial charge in [0.05, 0.1) is 6.54 Å². The molecule has 0 aromatic heterocycles. The highest BCUT2D eigenvalue weighted by atomic mass is 15.3. The van der Waals surface area contributed by atoms with Crippen molar-refractivity contribution in [3.8, 4) is 0 Å². The monoisotopic (exact) mass is 236 g/mol. The molecule has 1 N–H and O–H groups in total. The molecule has 1 aliphatic carbocycles. The van der Waals surface area contributed by atoms with Crippen molar-refractivity contribution in [1.29, 1.82) is 0 Å². The summed E-state index contributed by atoms with van der Waals surface area (Å²) in [6.07, 6.45) is 9.75. The van der Waals surface area contributed by atoms with E-state index in [2.05, 4.69) is 37.9 Å². The normalized spacial score (nSPS) is 19.1. The van der Waals surface area contributed by atoms with Gasteiger partial charge in [-0.1, -0.05) is 46.1 Å². The molecule has 0 radical (unpaired) electrons. The van der Waals surface area contributed by atoms with Crippen molar-refractivity contribution in [2.75, 3.05) is 6.54 Å². The lowest BCUT2D eigenvalue weighted by Gasteiger charge is -2.28. The lowest BCUT2D eigenvalue weighted by atomic mass is 9.79. The van der Waals surface area contributed by atoms with E-state index in [1.165, 1.54) is 37.8 Å². The van der Waals surface area contributed by atoms with Crippen LogP contribution >= 0.6 is 0 Å². The second kappa shape index (κ2) is 6.83. The molecule has 0 atom stereocenters. The predicted molar refractivity (Wildman–Crippen MR) is 76.3 cm³/mol. The Morgan fingerprint density at radius 3 is 2.47 bits per heavy atom. The van der Waals surface area contributed by atoms with Crippen LogP contribution in [0, 0.1) is 11.3 Å². The summed E-state index contributed by atoms with van der Waals surface area (Å²) >= 11 is 0. The first-order valence-corrected chi connectivity index (χ1v) is 6.93. The van der Waals surface area contributed by atoms with Gasteiger partial charge in [-0.05, 0) is 30.6 Å². The van der Waals surface area contributed by atoms with Gasteiger partial charge >= 0.3 is 0 Å². The van der Waals surface area contributed by atoms with Gasteiger partial charge in [0.15, 0.2) is 0 Å². The number of hydrogen-bond donors (Lipinski definition) is 1. The minimum absolute atomic E-state index is 0.326. The first kappa shape index (κ1) is 14.3. The Morgan fingerprint density at radius 2 is 1.94 bits per heavy atom. The SMILES string of the molecule is C=CCNN=C(CC(C)(C)C)C1CCCCC1. The van der Waals surface area contributed by atoms with Gasteiger partial charge < -0.3 is 5.43 Å². The fourth-order valence-corrected chi connectivity index (χ4v) is 2.47. The zero-order chi connectivity index (χ0) is 12.7. The molecule has 98 valence electrons. The predicted octanol–water partition coefficient (Wildman–Crippen LogP) is 4.13. The summed E-state index contributed by atoms with van der Waals surface area (Å²) in [7, 11) is 0. The number of nitrogens with zero attached hydrogens (tertiary/aromatic N) is 1. The third-order valence-electron chi connectivity index (χ3n) is 3.25. The molecule has 0 aromatic rings. The molecule has 0 bridgehead atoms. The molecule has 1 aliphatic rings. The van der Waals surface area contributed by atoms with Gasteiger partial charge in [0, 0.05) is 5.71 Å². The van der Waals surface area contributed by atoms with Gasteiger partial charge in [0.1, 0.15) is 0 Å². The fraction of sp³-hybridized carbons (Fsp3) is 0.800. The maximum Gasteiger partial charge on any atom is 0.0507 e. The van der Waals surface area contributed by atoms with E-state index in [1.807, 2.05) is 6.08 Å². The topological polar surface area (TPSA) is 24.4 Å². The van der Waals surface area contributed by atoms with Crippen LogP contribution in [0.25, 0.3) is 0 Å². The van der Waals surface area contributed by atoms with E-state index in [-0.39, 0.29) is 0 Å². The number of rotatable bonds is 5. The third-order valence-corrected chi connectivity index (χ3v) is 3.25. The number of hydrogen-bond acceptors (Lipinski definition) is 2. The van der Waals surface area contributed by atoms with E-state index in [4.69, 9.17) is 0 Å². The molecular formula is C15H28N2. The highest BCUT2D eigenvalue weighted by Gasteiger charge is 2.23. The maximum absolute atomic E-state index is 4.62. The summed E-state index contributed by atoms with van der Waals surface area (Å²) < 4.78 is 0. The Labute approximate surface area is 107 Å². The second-order valence-corrected chi connectivity index (χ2v) is 6.33. The van der Waals surface area contributed by atoms with Crippen molar-refractivity contribution in [3.63, 3.8) is 0 Å². The van der Waals surface area contributed by atoms with Crippen LogP contribution in [0.5, 0.6) is 0 Å². The molecule has 2 nitrogen and oxygen atoms in total. The van der Waals surface area contributed by atoms with Gasteiger partial charge in [-0.15, -0.1) is 6.58 Å². The van der Waals surface area contributed by atoms with Gasteiger partial charge in [-0.25, -0.2) is 0 Å². The first-order valence-electron chi connectivity index (χ1n) is 6.93. The Kier molecular flexibility index (Phi) is 5.73. The van der Waals surface area contributed by atoms with Crippen LogP contribution in [-0.2, 0) is 0 Å². The van der Waals surface area contributed by atoms with Crippen molar-refractivity contribution in [3.05, 3.63) is 12.7 Å². The Hall–Kier alpha value is -0.790.